The van der Waals surface area contributed by atoms with E-state index in [1.54, 1.807) is 0 Å². The Morgan fingerprint density at radius 3 is 1.42 bits per heavy atom. The van der Waals surface area contributed by atoms with E-state index in [-0.39, 0.29) is 0 Å². The smallest absolute Gasteiger partial charge is 0.164 e. The predicted molar refractivity (Wildman–Crippen MR) is 205 cm³/mol. The summed E-state index contributed by atoms with van der Waals surface area (Å²) in [7, 11) is 0. The van der Waals surface area contributed by atoms with Crippen LogP contribution in [0, 0.1) is 0 Å². The van der Waals surface area contributed by atoms with Crippen LogP contribution >= 0.6 is 0 Å². The standard InChI is InChI=1S/C46H30N4/c1-4-13-31(14-5-1)38-21-11-22-39(32-15-6-2-7-16-32)41(38)34-25-28-37(29-26-34)45-48-44(36-17-8-3-9-18-36)49-46(50-45)40-23-10-19-33-24-27-35-20-12-30-47-43(35)42(33)40/h1-30H. The first-order valence-corrected chi connectivity index (χ1v) is 16.7. The highest BCUT2D eigenvalue weighted by Crippen LogP contribution is 2.41. The van der Waals surface area contributed by atoms with Crippen molar-refractivity contribution in [2.45, 2.75) is 0 Å². The third kappa shape index (κ3) is 5.39. The first-order valence-electron chi connectivity index (χ1n) is 16.7. The molecule has 2 heterocycles. The molecule has 0 aliphatic rings. The lowest BCUT2D eigenvalue weighted by Crippen LogP contribution is -2.01. The van der Waals surface area contributed by atoms with Crippen LogP contribution in [0.25, 0.3) is 89.2 Å². The average Bonchev–Trinajstić information content (AvgIpc) is 3.21. The van der Waals surface area contributed by atoms with Gasteiger partial charge in [-0.05, 0) is 44.8 Å². The summed E-state index contributed by atoms with van der Waals surface area (Å²) in [5.74, 6) is 1.85. The van der Waals surface area contributed by atoms with Crippen LogP contribution in [-0.4, -0.2) is 19.9 Å². The lowest BCUT2D eigenvalue weighted by atomic mass is 9.87. The van der Waals surface area contributed by atoms with Crippen LogP contribution in [0.1, 0.15) is 0 Å². The lowest BCUT2D eigenvalue weighted by Gasteiger charge is -2.17. The van der Waals surface area contributed by atoms with Crippen molar-refractivity contribution in [3.05, 3.63) is 182 Å². The molecule has 7 aromatic carbocycles. The van der Waals surface area contributed by atoms with Crippen LogP contribution in [0.15, 0.2) is 182 Å². The van der Waals surface area contributed by atoms with Gasteiger partial charge < -0.3 is 0 Å². The van der Waals surface area contributed by atoms with Crippen LogP contribution < -0.4 is 0 Å². The largest absolute Gasteiger partial charge is 0.256 e. The minimum absolute atomic E-state index is 0.613. The predicted octanol–water partition coefficient (Wildman–Crippen LogP) is 11.6. The maximum atomic E-state index is 5.14. The quantitative estimate of drug-likeness (QED) is 0.170. The molecule has 0 saturated heterocycles. The number of benzene rings is 7. The first-order chi connectivity index (χ1) is 24.8. The van der Waals surface area contributed by atoms with Gasteiger partial charge in [0.2, 0.25) is 0 Å². The van der Waals surface area contributed by atoms with Gasteiger partial charge in [0.25, 0.3) is 0 Å². The molecule has 0 amide bonds. The molecular formula is C46H30N4. The molecule has 234 valence electrons. The van der Waals surface area contributed by atoms with Crippen LogP contribution in [0.4, 0.5) is 0 Å². The molecule has 9 rings (SSSR count). The maximum absolute atomic E-state index is 5.14. The number of nitrogens with zero attached hydrogens (tertiary/aromatic N) is 4. The molecule has 0 fully saturated rings. The second kappa shape index (κ2) is 12.7. The van der Waals surface area contributed by atoms with Crippen LogP contribution in [0.2, 0.25) is 0 Å². The number of hydrogen-bond acceptors (Lipinski definition) is 4. The van der Waals surface area contributed by atoms with E-state index in [1.807, 2.05) is 42.6 Å². The molecule has 0 radical (unpaired) electrons. The maximum Gasteiger partial charge on any atom is 0.164 e. The molecule has 9 aromatic rings. The summed E-state index contributed by atoms with van der Waals surface area (Å²) >= 11 is 0. The Morgan fingerprint density at radius 1 is 0.300 bits per heavy atom. The molecule has 0 unspecified atom stereocenters. The summed E-state index contributed by atoms with van der Waals surface area (Å²) in [6, 6.07) is 61.0. The van der Waals surface area contributed by atoms with E-state index >= 15 is 0 Å². The summed E-state index contributed by atoms with van der Waals surface area (Å²) in [6.07, 6.45) is 1.84. The Morgan fingerprint density at radius 2 is 0.780 bits per heavy atom. The molecule has 0 atom stereocenters. The van der Waals surface area contributed by atoms with E-state index in [2.05, 4.69) is 140 Å². The van der Waals surface area contributed by atoms with Gasteiger partial charge in [0.15, 0.2) is 17.5 Å². The van der Waals surface area contributed by atoms with Gasteiger partial charge in [0.05, 0.1) is 5.52 Å². The second-order valence-corrected chi connectivity index (χ2v) is 12.3. The van der Waals surface area contributed by atoms with Gasteiger partial charge in [-0.25, -0.2) is 15.0 Å². The van der Waals surface area contributed by atoms with Crippen molar-refractivity contribution in [1.82, 2.24) is 19.9 Å². The van der Waals surface area contributed by atoms with Crippen molar-refractivity contribution in [2.75, 3.05) is 0 Å². The van der Waals surface area contributed by atoms with Crippen molar-refractivity contribution in [1.29, 1.82) is 0 Å². The van der Waals surface area contributed by atoms with Gasteiger partial charge in [-0.1, -0.05) is 170 Å². The second-order valence-electron chi connectivity index (χ2n) is 12.3. The van der Waals surface area contributed by atoms with Crippen LogP contribution in [0.5, 0.6) is 0 Å². The van der Waals surface area contributed by atoms with Crippen molar-refractivity contribution < 1.29 is 0 Å². The number of rotatable bonds is 6. The van der Waals surface area contributed by atoms with Crippen LogP contribution in [-0.2, 0) is 0 Å². The van der Waals surface area contributed by atoms with E-state index in [0.29, 0.717) is 17.5 Å². The molecule has 2 aromatic heterocycles. The molecule has 0 saturated carbocycles. The average molecular weight is 639 g/mol. The fraction of sp³-hybridized carbons (Fsp3) is 0. The minimum atomic E-state index is 0.613. The highest BCUT2D eigenvalue weighted by molar-refractivity contribution is 6.12. The topological polar surface area (TPSA) is 51.6 Å². The lowest BCUT2D eigenvalue weighted by molar-refractivity contribution is 1.08. The Labute approximate surface area is 290 Å². The van der Waals surface area contributed by atoms with E-state index in [9.17, 15) is 0 Å². The molecule has 0 aliphatic carbocycles. The van der Waals surface area contributed by atoms with Gasteiger partial charge in [-0.2, -0.15) is 0 Å². The number of fused-ring (bicyclic) bond motifs is 3. The van der Waals surface area contributed by atoms with E-state index in [4.69, 9.17) is 19.9 Å². The Bertz CT molecular complexity index is 2560. The molecule has 0 aliphatic heterocycles. The van der Waals surface area contributed by atoms with Crippen molar-refractivity contribution in [2.24, 2.45) is 0 Å². The van der Waals surface area contributed by atoms with Crippen molar-refractivity contribution >= 4 is 21.7 Å². The Kier molecular flexibility index (Phi) is 7.45. The monoisotopic (exact) mass is 638 g/mol. The number of pyridine rings is 1. The summed E-state index contributed by atoms with van der Waals surface area (Å²) in [6.45, 7) is 0. The fourth-order valence-corrected chi connectivity index (χ4v) is 6.81. The fourth-order valence-electron chi connectivity index (χ4n) is 6.81. The Balaban J connectivity index is 1.22. The van der Waals surface area contributed by atoms with Gasteiger partial charge in [-0.15, -0.1) is 0 Å². The highest BCUT2D eigenvalue weighted by atomic mass is 15.0. The molecule has 0 N–H and O–H groups in total. The van der Waals surface area contributed by atoms with Crippen molar-refractivity contribution in [3.63, 3.8) is 0 Å². The summed E-state index contributed by atoms with van der Waals surface area (Å²) in [4.78, 5) is 20.0. The summed E-state index contributed by atoms with van der Waals surface area (Å²) < 4.78 is 0. The molecule has 50 heavy (non-hydrogen) atoms. The summed E-state index contributed by atoms with van der Waals surface area (Å²) in [5, 5.41) is 3.20. The third-order valence-electron chi connectivity index (χ3n) is 9.19. The first kappa shape index (κ1) is 29.4. The SMILES string of the molecule is c1ccc(-c2nc(-c3ccc(-c4c(-c5ccccc5)cccc4-c4ccccc4)cc3)nc(-c3cccc4ccc5cccnc5c34)n2)cc1. The zero-order valence-electron chi connectivity index (χ0n) is 27.1. The third-order valence-corrected chi connectivity index (χ3v) is 9.19. The Hall–Kier alpha value is -6.78. The van der Waals surface area contributed by atoms with Crippen molar-refractivity contribution in [3.8, 4) is 67.5 Å². The summed E-state index contributed by atoms with van der Waals surface area (Å²) in [5.41, 5.74) is 10.7. The van der Waals surface area contributed by atoms with E-state index < -0.39 is 0 Å². The zero-order valence-corrected chi connectivity index (χ0v) is 27.1. The highest BCUT2D eigenvalue weighted by Gasteiger charge is 2.18. The number of hydrogen-bond donors (Lipinski definition) is 0. The minimum Gasteiger partial charge on any atom is -0.256 e. The molecular weight excluding hydrogens is 609 g/mol. The molecule has 0 bridgehead atoms. The molecule has 0 spiro atoms. The normalized spacial score (nSPS) is 11.2. The van der Waals surface area contributed by atoms with Gasteiger partial charge in [0, 0.05) is 33.7 Å². The van der Waals surface area contributed by atoms with Gasteiger partial charge in [-0.3, -0.25) is 4.98 Å². The van der Waals surface area contributed by atoms with E-state index in [1.165, 1.54) is 27.8 Å². The molecule has 4 heteroatoms. The van der Waals surface area contributed by atoms with Crippen LogP contribution in [0.3, 0.4) is 0 Å². The van der Waals surface area contributed by atoms with E-state index in [0.717, 1.165) is 43.9 Å². The number of aromatic nitrogens is 4. The molecule has 4 nitrogen and oxygen atoms in total. The van der Waals surface area contributed by atoms with Gasteiger partial charge >= 0.3 is 0 Å². The van der Waals surface area contributed by atoms with Gasteiger partial charge in [0.1, 0.15) is 0 Å². The zero-order chi connectivity index (χ0) is 33.3.